The molecule has 1 aromatic carbocycles. The fourth-order valence-corrected chi connectivity index (χ4v) is 1.78. The number of nitrogens with two attached hydrogens (primary N) is 1. The zero-order valence-corrected chi connectivity index (χ0v) is 10.7. The molecule has 0 aromatic heterocycles. The van der Waals surface area contributed by atoms with Crippen LogP contribution in [0.1, 0.15) is 5.56 Å². The van der Waals surface area contributed by atoms with E-state index in [0.29, 0.717) is 6.42 Å². The summed E-state index contributed by atoms with van der Waals surface area (Å²) >= 11 is 0. The number of amides is 1. The Hall–Kier alpha value is -1.63. The summed E-state index contributed by atoms with van der Waals surface area (Å²) in [7, 11) is 0. The van der Waals surface area contributed by atoms with Crippen LogP contribution >= 0.6 is 0 Å². The number of phenols is 1. The van der Waals surface area contributed by atoms with Crippen molar-refractivity contribution in [2.24, 2.45) is 5.73 Å². The second kappa shape index (κ2) is 7.73. The highest BCUT2D eigenvalue weighted by Crippen LogP contribution is 2.11. The van der Waals surface area contributed by atoms with Crippen molar-refractivity contribution in [3.63, 3.8) is 0 Å². The van der Waals surface area contributed by atoms with Gasteiger partial charge in [-0.05, 0) is 24.1 Å². The summed E-state index contributed by atoms with van der Waals surface area (Å²) in [4.78, 5) is 13.4. The minimum Gasteiger partial charge on any atom is -0.508 e. The van der Waals surface area contributed by atoms with Crippen LogP contribution in [-0.4, -0.2) is 58.5 Å². The van der Waals surface area contributed by atoms with Crippen molar-refractivity contribution in [1.29, 1.82) is 0 Å². The number of aliphatic hydroxyl groups excluding tert-OH is 2. The van der Waals surface area contributed by atoms with E-state index < -0.39 is 6.04 Å². The molecule has 0 saturated heterocycles. The monoisotopic (exact) mass is 268 g/mol. The number of carbonyl (C=O) groups excluding carboxylic acids is 1. The van der Waals surface area contributed by atoms with Crippen LogP contribution in [0.5, 0.6) is 5.75 Å². The summed E-state index contributed by atoms with van der Waals surface area (Å²) in [5.41, 5.74) is 6.67. The summed E-state index contributed by atoms with van der Waals surface area (Å²) in [6.45, 7) is -0.0271. The molecule has 0 aliphatic heterocycles. The first-order valence-electron chi connectivity index (χ1n) is 6.12. The van der Waals surface area contributed by atoms with Crippen LogP contribution in [0.25, 0.3) is 0 Å². The third-order valence-electron chi connectivity index (χ3n) is 2.76. The van der Waals surface area contributed by atoms with Crippen LogP contribution in [0, 0.1) is 0 Å². The van der Waals surface area contributed by atoms with Gasteiger partial charge in [0.2, 0.25) is 5.91 Å². The molecule has 0 aliphatic rings. The molecule has 106 valence electrons. The van der Waals surface area contributed by atoms with Crippen molar-refractivity contribution in [1.82, 2.24) is 4.90 Å². The van der Waals surface area contributed by atoms with Crippen molar-refractivity contribution < 1.29 is 20.1 Å². The van der Waals surface area contributed by atoms with Gasteiger partial charge in [0, 0.05) is 13.1 Å². The number of rotatable bonds is 7. The third kappa shape index (κ3) is 4.86. The van der Waals surface area contributed by atoms with E-state index in [1.165, 1.54) is 17.0 Å². The van der Waals surface area contributed by atoms with Gasteiger partial charge in [-0.15, -0.1) is 0 Å². The van der Waals surface area contributed by atoms with Gasteiger partial charge in [-0.1, -0.05) is 12.1 Å². The highest BCUT2D eigenvalue weighted by molar-refractivity contribution is 5.82. The Bertz CT molecular complexity index is 388. The van der Waals surface area contributed by atoms with Crippen LogP contribution in [0.4, 0.5) is 0 Å². The number of hydrogen-bond donors (Lipinski definition) is 4. The number of aliphatic hydroxyl groups is 2. The van der Waals surface area contributed by atoms with Gasteiger partial charge in [-0.2, -0.15) is 0 Å². The molecule has 6 heteroatoms. The first-order chi connectivity index (χ1) is 9.08. The van der Waals surface area contributed by atoms with Crippen LogP contribution in [0.15, 0.2) is 24.3 Å². The molecular weight excluding hydrogens is 248 g/mol. The highest BCUT2D eigenvalue weighted by Gasteiger charge is 2.20. The molecule has 1 atom stereocenters. The minimum atomic E-state index is -0.734. The molecule has 6 nitrogen and oxygen atoms in total. The Morgan fingerprint density at radius 3 is 2.16 bits per heavy atom. The Morgan fingerprint density at radius 2 is 1.68 bits per heavy atom. The van der Waals surface area contributed by atoms with Gasteiger partial charge in [0.05, 0.1) is 19.3 Å². The van der Waals surface area contributed by atoms with Gasteiger partial charge in [0.15, 0.2) is 0 Å². The molecular formula is C13H20N2O4. The molecule has 0 fully saturated rings. The summed E-state index contributed by atoms with van der Waals surface area (Å²) < 4.78 is 0. The Labute approximate surface area is 112 Å². The van der Waals surface area contributed by atoms with Crippen LogP contribution in [-0.2, 0) is 11.2 Å². The van der Waals surface area contributed by atoms with Gasteiger partial charge in [0.1, 0.15) is 5.75 Å². The van der Waals surface area contributed by atoms with Gasteiger partial charge >= 0.3 is 0 Å². The lowest BCUT2D eigenvalue weighted by Gasteiger charge is -2.24. The van der Waals surface area contributed by atoms with Crippen molar-refractivity contribution in [3.05, 3.63) is 29.8 Å². The largest absolute Gasteiger partial charge is 0.508 e. The molecule has 0 spiro atoms. The maximum absolute atomic E-state index is 12.0. The molecule has 0 radical (unpaired) electrons. The van der Waals surface area contributed by atoms with Gasteiger partial charge < -0.3 is 26.0 Å². The predicted octanol–water partition coefficient (Wildman–Crippen LogP) is -0.925. The predicted molar refractivity (Wildman–Crippen MR) is 70.5 cm³/mol. The first kappa shape index (κ1) is 15.4. The first-order valence-corrected chi connectivity index (χ1v) is 6.12. The van der Waals surface area contributed by atoms with E-state index in [1.807, 2.05) is 0 Å². The normalized spacial score (nSPS) is 12.2. The summed E-state index contributed by atoms with van der Waals surface area (Å²) in [6, 6.07) is 5.73. The Balaban J connectivity index is 2.62. The van der Waals surface area contributed by atoms with E-state index in [0.717, 1.165) is 5.56 Å². The van der Waals surface area contributed by atoms with E-state index in [9.17, 15) is 4.79 Å². The van der Waals surface area contributed by atoms with E-state index in [1.54, 1.807) is 12.1 Å². The number of phenolic OH excluding ortho intramolecular Hbond substituents is 1. The summed E-state index contributed by atoms with van der Waals surface area (Å²) in [5, 5.41) is 26.9. The standard InChI is InChI=1S/C13H20N2O4/c14-12(9-10-1-3-11(18)4-2-10)13(19)15(5-7-16)6-8-17/h1-4,12,16-18H,5-9,14H2/t12-/m1/s1. The fraction of sp³-hybridized carbons (Fsp3) is 0.462. The zero-order chi connectivity index (χ0) is 14.3. The van der Waals surface area contributed by atoms with Crippen molar-refractivity contribution in [2.75, 3.05) is 26.3 Å². The maximum atomic E-state index is 12.0. The van der Waals surface area contributed by atoms with Crippen molar-refractivity contribution >= 4 is 5.91 Å². The minimum absolute atomic E-state index is 0.155. The number of hydrogen-bond acceptors (Lipinski definition) is 5. The number of carbonyl (C=O) groups is 1. The summed E-state index contributed by atoms with van der Waals surface area (Å²) in [6.07, 6.45) is 0.340. The molecule has 0 unspecified atom stereocenters. The lowest BCUT2D eigenvalue weighted by Crippen LogP contribution is -2.47. The molecule has 1 rings (SSSR count). The lowest BCUT2D eigenvalue weighted by atomic mass is 10.1. The molecule has 0 bridgehead atoms. The molecule has 0 heterocycles. The molecule has 19 heavy (non-hydrogen) atoms. The van der Waals surface area contributed by atoms with E-state index in [4.69, 9.17) is 21.1 Å². The zero-order valence-electron chi connectivity index (χ0n) is 10.7. The van der Waals surface area contributed by atoms with E-state index >= 15 is 0 Å². The van der Waals surface area contributed by atoms with Crippen molar-refractivity contribution in [3.8, 4) is 5.75 Å². The Kier molecular flexibility index (Phi) is 6.27. The summed E-state index contributed by atoms with van der Waals surface area (Å²) in [5.74, 6) is -0.151. The van der Waals surface area contributed by atoms with E-state index in [2.05, 4.69) is 0 Å². The average Bonchev–Trinajstić information content (AvgIpc) is 2.40. The smallest absolute Gasteiger partial charge is 0.239 e. The van der Waals surface area contributed by atoms with Crippen LogP contribution in [0.2, 0.25) is 0 Å². The Morgan fingerprint density at radius 1 is 1.16 bits per heavy atom. The fourth-order valence-electron chi connectivity index (χ4n) is 1.78. The second-order valence-corrected chi connectivity index (χ2v) is 4.25. The quantitative estimate of drug-likeness (QED) is 0.511. The molecule has 0 saturated carbocycles. The average molecular weight is 268 g/mol. The highest BCUT2D eigenvalue weighted by atomic mass is 16.3. The number of benzene rings is 1. The van der Waals surface area contributed by atoms with Crippen LogP contribution in [0.3, 0.4) is 0 Å². The molecule has 5 N–H and O–H groups in total. The van der Waals surface area contributed by atoms with Gasteiger partial charge in [-0.25, -0.2) is 0 Å². The maximum Gasteiger partial charge on any atom is 0.239 e. The van der Waals surface area contributed by atoms with E-state index in [-0.39, 0.29) is 38.0 Å². The van der Waals surface area contributed by atoms with Gasteiger partial charge in [-0.3, -0.25) is 4.79 Å². The van der Waals surface area contributed by atoms with Crippen molar-refractivity contribution in [2.45, 2.75) is 12.5 Å². The SMILES string of the molecule is N[C@H](Cc1ccc(O)cc1)C(=O)N(CCO)CCO. The number of nitrogens with zero attached hydrogens (tertiary/aromatic N) is 1. The topological polar surface area (TPSA) is 107 Å². The molecule has 1 amide bonds. The number of aromatic hydroxyl groups is 1. The molecule has 0 aliphatic carbocycles. The second-order valence-electron chi connectivity index (χ2n) is 4.25. The lowest BCUT2D eigenvalue weighted by molar-refractivity contribution is -0.133. The van der Waals surface area contributed by atoms with Crippen LogP contribution < -0.4 is 5.73 Å². The third-order valence-corrected chi connectivity index (χ3v) is 2.76. The molecule has 1 aromatic rings. The van der Waals surface area contributed by atoms with Gasteiger partial charge in [0.25, 0.3) is 0 Å².